The molecule has 2 aromatic rings. The Labute approximate surface area is 121 Å². The van der Waals surface area contributed by atoms with Gasteiger partial charge in [0.15, 0.2) is 0 Å². The third-order valence-corrected chi connectivity index (χ3v) is 3.81. The van der Waals surface area contributed by atoms with Gasteiger partial charge in [-0.25, -0.2) is 4.79 Å². The van der Waals surface area contributed by atoms with Crippen LogP contribution >= 0.6 is 11.6 Å². The van der Waals surface area contributed by atoms with Crippen molar-refractivity contribution in [1.82, 2.24) is 0 Å². The molecule has 1 aliphatic carbocycles. The van der Waals surface area contributed by atoms with E-state index in [4.69, 9.17) is 21.4 Å². The minimum absolute atomic E-state index is 0.141. The number of benzene rings is 2. The van der Waals surface area contributed by atoms with Crippen molar-refractivity contribution in [2.24, 2.45) is 0 Å². The lowest BCUT2D eigenvalue weighted by atomic mass is 9.78. The summed E-state index contributed by atoms with van der Waals surface area (Å²) >= 11 is 5.89. The number of rotatable bonds is 4. The Bertz CT molecular complexity index is 667. The Morgan fingerprint density at radius 1 is 1.30 bits per heavy atom. The molecular formula is C16H13ClO3. The van der Waals surface area contributed by atoms with E-state index in [0.29, 0.717) is 23.3 Å². The van der Waals surface area contributed by atoms with E-state index in [9.17, 15) is 4.79 Å². The predicted molar refractivity (Wildman–Crippen MR) is 76.8 cm³/mol. The van der Waals surface area contributed by atoms with E-state index in [-0.39, 0.29) is 5.56 Å². The summed E-state index contributed by atoms with van der Waals surface area (Å²) in [4.78, 5) is 11.1. The first-order valence-electron chi connectivity index (χ1n) is 6.38. The van der Waals surface area contributed by atoms with E-state index >= 15 is 0 Å². The van der Waals surface area contributed by atoms with Crippen LogP contribution in [0.2, 0.25) is 5.02 Å². The molecule has 2 aromatic carbocycles. The lowest BCUT2D eigenvalue weighted by Gasteiger charge is -2.30. The quantitative estimate of drug-likeness (QED) is 0.932. The average Bonchev–Trinajstić information content (AvgIpc) is 2.39. The maximum atomic E-state index is 11.1. The molecule has 4 heteroatoms. The van der Waals surface area contributed by atoms with Crippen LogP contribution in [-0.4, -0.2) is 17.7 Å². The molecule has 0 heterocycles. The van der Waals surface area contributed by atoms with Crippen molar-refractivity contribution < 1.29 is 14.6 Å². The molecule has 1 unspecified atom stereocenters. The molecule has 0 fully saturated rings. The predicted octanol–water partition coefficient (Wildman–Crippen LogP) is 3.76. The molecule has 1 N–H and O–H groups in total. The van der Waals surface area contributed by atoms with E-state index in [1.165, 1.54) is 17.2 Å². The highest BCUT2D eigenvalue weighted by atomic mass is 35.5. The van der Waals surface area contributed by atoms with E-state index in [1.54, 1.807) is 12.1 Å². The fourth-order valence-corrected chi connectivity index (χ4v) is 2.66. The largest absolute Gasteiger partial charge is 0.492 e. The van der Waals surface area contributed by atoms with Crippen molar-refractivity contribution >= 4 is 17.6 Å². The number of fused-ring (bicyclic) bond motifs is 1. The van der Waals surface area contributed by atoms with Crippen molar-refractivity contribution in [3.05, 3.63) is 64.2 Å². The number of carboxylic acids is 1. The molecule has 3 rings (SSSR count). The number of hydrogen-bond acceptors (Lipinski definition) is 2. The fraction of sp³-hybridized carbons (Fsp3) is 0.188. The standard InChI is InChI=1S/C16H13ClO3/c17-12-5-6-14(16(18)19)15(8-12)20-9-11-7-10-3-1-2-4-13(10)11/h1-6,8,11H,7,9H2,(H,18,19). The van der Waals surface area contributed by atoms with Crippen LogP contribution in [0.5, 0.6) is 5.75 Å². The van der Waals surface area contributed by atoms with Crippen LogP contribution in [-0.2, 0) is 6.42 Å². The Morgan fingerprint density at radius 2 is 2.10 bits per heavy atom. The van der Waals surface area contributed by atoms with E-state index in [0.717, 1.165) is 6.42 Å². The third kappa shape index (κ3) is 2.37. The second kappa shape index (κ2) is 5.17. The summed E-state index contributed by atoms with van der Waals surface area (Å²) in [6.45, 7) is 0.470. The van der Waals surface area contributed by atoms with Crippen LogP contribution in [0, 0.1) is 0 Å². The smallest absolute Gasteiger partial charge is 0.339 e. The Morgan fingerprint density at radius 3 is 2.85 bits per heavy atom. The number of carboxylic acid groups (broad SMARTS) is 1. The van der Waals surface area contributed by atoms with E-state index < -0.39 is 5.97 Å². The molecule has 0 aliphatic heterocycles. The second-order valence-corrected chi connectivity index (χ2v) is 5.29. The maximum Gasteiger partial charge on any atom is 0.339 e. The summed E-state index contributed by atoms with van der Waals surface area (Å²) in [6.07, 6.45) is 0.971. The van der Waals surface area contributed by atoms with Crippen molar-refractivity contribution in [2.45, 2.75) is 12.3 Å². The zero-order valence-corrected chi connectivity index (χ0v) is 11.4. The molecule has 20 heavy (non-hydrogen) atoms. The molecule has 1 aliphatic rings. The molecule has 0 saturated heterocycles. The number of halogens is 1. The summed E-state index contributed by atoms with van der Waals surface area (Å²) in [7, 11) is 0. The lowest BCUT2D eigenvalue weighted by molar-refractivity contribution is 0.0691. The van der Waals surface area contributed by atoms with Gasteiger partial charge < -0.3 is 9.84 Å². The second-order valence-electron chi connectivity index (χ2n) is 4.86. The zero-order chi connectivity index (χ0) is 14.1. The Hall–Kier alpha value is -2.00. The molecular weight excluding hydrogens is 276 g/mol. The number of hydrogen-bond donors (Lipinski definition) is 1. The first-order valence-corrected chi connectivity index (χ1v) is 6.76. The molecule has 0 amide bonds. The highest BCUT2D eigenvalue weighted by molar-refractivity contribution is 6.30. The van der Waals surface area contributed by atoms with Gasteiger partial charge in [0.2, 0.25) is 0 Å². The summed E-state index contributed by atoms with van der Waals surface area (Å²) in [5, 5.41) is 9.60. The lowest BCUT2D eigenvalue weighted by Crippen LogP contribution is -2.23. The fourth-order valence-electron chi connectivity index (χ4n) is 2.49. The summed E-state index contributed by atoms with van der Waals surface area (Å²) < 4.78 is 5.67. The minimum Gasteiger partial charge on any atom is -0.492 e. The van der Waals surface area contributed by atoms with Gasteiger partial charge in [-0.2, -0.15) is 0 Å². The van der Waals surface area contributed by atoms with Gasteiger partial charge in [0, 0.05) is 10.9 Å². The third-order valence-electron chi connectivity index (χ3n) is 3.58. The molecule has 0 radical (unpaired) electrons. The SMILES string of the molecule is O=C(O)c1ccc(Cl)cc1OCC1Cc2ccccc21. The Balaban J connectivity index is 1.74. The van der Waals surface area contributed by atoms with Gasteiger partial charge in [0.25, 0.3) is 0 Å². The Kier molecular flexibility index (Phi) is 3.36. The van der Waals surface area contributed by atoms with Crippen molar-refractivity contribution in [3.63, 3.8) is 0 Å². The van der Waals surface area contributed by atoms with Gasteiger partial charge in [0.05, 0.1) is 6.61 Å². The normalized spacial score (nSPS) is 16.1. The molecule has 1 atom stereocenters. The van der Waals surface area contributed by atoms with Crippen molar-refractivity contribution in [1.29, 1.82) is 0 Å². The molecule has 3 nitrogen and oxygen atoms in total. The topological polar surface area (TPSA) is 46.5 Å². The molecule has 102 valence electrons. The molecule has 0 spiro atoms. The van der Waals surface area contributed by atoms with Crippen LogP contribution < -0.4 is 4.74 Å². The van der Waals surface area contributed by atoms with Gasteiger partial charge in [-0.1, -0.05) is 35.9 Å². The van der Waals surface area contributed by atoms with E-state index in [2.05, 4.69) is 12.1 Å². The van der Waals surface area contributed by atoms with Crippen molar-refractivity contribution in [2.75, 3.05) is 6.61 Å². The molecule has 0 bridgehead atoms. The number of aromatic carboxylic acids is 1. The van der Waals surface area contributed by atoms with Crippen LogP contribution in [0.1, 0.15) is 27.4 Å². The molecule has 0 saturated carbocycles. The number of ether oxygens (including phenoxy) is 1. The van der Waals surface area contributed by atoms with Crippen LogP contribution in [0.4, 0.5) is 0 Å². The van der Waals surface area contributed by atoms with Crippen LogP contribution in [0.15, 0.2) is 42.5 Å². The van der Waals surface area contributed by atoms with Crippen LogP contribution in [0.25, 0.3) is 0 Å². The van der Waals surface area contributed by atoms with Gasteiger partial charge in [-0.3, -0.25) is 0 Å². The average molecular weight is 289 g/mol. The highest BCUT2D eigenvalue weighted by Gasteiger charge is 2.26. The maximum absolute atomic E-state index is 11.1. The zero-order valence-electron chi connectivity index (χ0n) is 10.7. The number of carbonyl (C=O) groups is 1. The van der Waals surface area contributed by atoms with Gasteiger partial charge >= 0.3 is 5.97 Å². The van der Waals surface area contributed by atoms with Crippen LogP contribution in [0.3, 0.4) is 0 Å². The first-order chi connectivity index (χ1) is 9.65. The molecule has 0 aromatic heterocycles. The van der Waals surface area contributed by atoms with Gasteiger partial charge in [-0.05, 0) is 35.7 Å². The summed E-state index contributed by atoms with van der Waals surface area (Å²) in [6, 6.07) is 12.8. The monoisotopic (exact) mass is 288 g/mol. The highest BCUT2D eigenvalue weighted by Crippen LogP contribution is 2.35. The summed E-state index contributed by atoms with van der Waals surface area (Å²) in [5.41, 5.74) is 2.76. The first kappa shape index (κ1) is 13.0. The van der Waals surface area contributed by atoms with Gasteiger partial charge in [0.1, 0.15) is 11.3 Å². The van der Waals surface area contributed by atoms with E-state index in [1.807, 2.05) is 12.1 Å². The van der Waals surface area contributed by atoms with Gasteiger partial charge in [-0.15, -0.1) is 0 Å². The van der Waals surface area contributed by atoms with Crippen molar-refractivity contribution in [3.8, 4) is 5.75 Å². The minimum atomic E-state index is -1.01. The summed E-state index contributed by atoms with van der Waals surface area (Å²) in [5.74, 6) is -0.355.